The molecule has 10 nitrogen and oxygen atoms in total. The Kier molecular flexibility index (Phi) is 6.65. The van der Waals surface area contributed by atoms with Crippen molar-refractivity contribution in [3.05, 3.63) is 72.7 Å². The highest BCUT2D eigenvalue weighted by molar-refractivity contribution is 5.74. The number of aromatic nitrogens is 5. The molecule has 1 aliphatic rings. The number of amides is 1. The maximum absolute atomic E-state index is 11.3. The number of rotatable bonds is 8. The van der Waals surface area contributed by atoms with Crippen LogP contribution >= 0.6 is 0 Å². The van der Waals surface area contributed by atoms with Crippen molar-refractivity contribution in [3.8, 4) is 11.5 Å². The number of nitrogens with zero attached hydrogens (tertiary/aromatic N) is 6. The number of likely N-dealkylation sites (tertiary alicyclic amines) is 1. The second-order valence-corrected chi connectivity index (χ2v) is 8.69. The van der Waals surface area contributed by atoms with Crippen LogP contribution in [0.4, 0.5) is 29.0 Å². The van der Waals surface area contributed by atoms with E-state index in [4.69, 9.17) is 0 Å². The first-order valence-electron chi connectivity index (χ1n) is 11.8. The van der Waals surface area contributed by atoms with Crippen LogP contribution in [0.3, 0.4) is 0 Å². The second kappa shape index (κ2) is 10.3. The Morgan fingerprint density at radius 3 is 2.36 bits per heavy atom. The Morgan fingerprint density at radius 2 is 1.61 bits per heavy atom. The predicted molar refractivity (Wildman–Crippen MR) is 139 cm³/mol. The summed E-state index contributed by atoms with van der Waals surface area (Å²) < 4.78 is 0. The van der Waals surface area contributed by atoms with Gasteiger partial charge in [0, 0.05) is 61.9 Å². The molecule has 0 radical (unpaired) electrons. The molecule has 0 saturated carbocycles. The fourth-order valence-corrected chi connectivity index (χ4v) is 3.86. The Morgan fingerprint density at radius 1 is 0.889 bits per heavy atom. The van der Waals surface area contributed by atoms with Gasteiger partial charge in [0.05, 0.1) is 0 Å². The first-order chi connectivity index (χ1) is 17.5. The molecule has 1 saturated heterocycles. The fourth-order valence-electron chi connectivity index (χ4n) is 3.86. The van der Waals surface area contributed by atoms with Crippen molar-refractivity contribution in [2.45, 2.75) is 13.8 Å². The van der Waals surface area contributed by atoms with Crippen LogP contribution in [0.2, 0.25) is 0 Å². The van der Waals surface area contributed by atoms with E-state index in [1.54, 1.807) is 31.5 Å². The number of benzene rings is 1. The first kappa shape index (κ1) is 23.2. The summed E-state index contributed by atoms with van der Waals surface area (Å²) in [5, 5.41) is 9.87. The average molecular weight is 482 g/mol. The van der Waals surface area contributed by atoms with Crippen molar-refractivity contribution in [1.29, 1.82) is 0 Å². The van der Waals surface area contributed by atoms with Crippen LogP contribution in [-0.2, 0) is 4.79 Å². The molecule has 36 heavy (non-hydrogen) atoms. The van der Waals surface area contributed by atoms with E-state index in [0.29, 0.717) is 35.0 Å². The van der Waals surface area contributed by atoms with Crippen LogP contribution in [0, 0.1) is 12.8 Å². The zero-order valence-corrected chi connectivity index (χ0v) is 20.1. The molecule has 0 aliphatic carbocycles. The van der Waals surface area contributed by atoms with E-state index in [1.807, 2.05) is 54.3 Å². The topological polar surface area (TPSA) is 121 Å². The van der Waals surface area contributed by atoms with E-state index < -0.39 is 0 Å². The van der Waals surface area contributed by atoms with Crippen LogP contribution in [0.5, 0.6) is 0 Å². The summed E-state index contributed by atoms with van der Waals surface area (Å²) in [5.74, 6) is 2.86. The number of nitrogens with one attached hydrogen (secondary N) is 3. The minimum Gasteiger partial charge on any atom is -0.385 e. The van der Waals surface area contributed by atoms with Crippen molar-refractivity contribution >= 4 is 34.9 Å². The van der Waals surface area contributed by atoms with Gasteiger partial charge in [-0.1, -0.05) is 6.07 Å². The van der Waals surface area contributed by atoms with Gasteiger partial charge < -0.3 is 20.9 Å². The van der Waals surface area contributed by atoms with E-state index in [1.165, 1.54) is 0 Å². The minimum atomic E-state index is 0.143. The molecule has 0 spiro atoms. The highest BCUT2D eigenvalue weighted by Gasteiger charge is 2.27. The van der Waals surface area contributed by atoms with E-state index in [9.17, 15) is 4.79 Å². The van der Waals surface area contributed by atoms with Gasteiger partial charge in [0.15, 0.2) is 5.82 Å². The largest absolute Gasteiger partial charge is 0.385 e. The maximum atomic E-state index is 11.3. The highest BCUT2D eigenvalue weighted by Crippen LogP contribution is 2.21. The third-order valence-electron chi connectivity index (χ3n) is 5.82. The van der Waals surface area contributed by atoms with Gasteiger partial charge in [0.2, 0.25) is 11.9 Å². The Balaban J connectivity index is 1.18. The fraction of sp³-hybridized carbons (Fsp3) is 0.231. The molecule has 1 aromatic carbocycles. The van der Waals surface area contributed by atoms with Crippen LogP contribution in [0.25, 0.3) is 11.5 Å². The molecule has 3 N–H and O–H groups in total. The molecular weight excluding hydrogens is 454 g/mol. The average Bonchev–Trinajstić information content (AvgIpc) is 2.84. The van der Waals surface area contributed by atoms with Crippen LogP contribution in [0.1, 0.15) is 12.6 Å². The number of carbonyl (C=O) groups excluding carboxylic acids is 1. The Bertz CT molecular complexity index is 1350. The van der Waals surface area contributed by atoms with E-state index >= 15 is 0 Å². The van der Waals surface area contributed by atoms with E-state index in [-0.39, 0.29) is 5.91 Å². The van der Waals surface area contributed by atoms with Crippen LogP contribution in [-0.4, -0.2) is 55.4 Å². The quantitative estimate of drug-likeness (QED) is 0.343. The molecule has 0 bridgehead atoms. The van der Waals surface area contributed by atoms with Crippen molar-refractivity contribution in [3.63, 3.8) is 0 Å². The lowest BCUT2D eigenvalue weighted by atomic mass is 10.0. The first-order valence-corrected chi connectivity index (χ1v) is 11.8. The Labute approximate surface area is 209 Å². The molecule has 5 rings (SSSR count). The zero-order valence-electron chi connectivity index (χ0n) is 20.1. The second-order valence-electron chi connectivity index (χ2n) is 8.69. The standard InChI is InChI=1S/C26H27N9O/c1-17-4-3-5-22(30-17)25-27-12-10-23(33-25)32-24-11-13-28-26(34-24)31-21-8-6-20(7-9-21)29-14-19-15-35(16-19)18(2)36/h3-13,19,29H,14-16H2,1-2H3,(H2,27,28,31,32,33,34). The van der Waals surface area contributed by atoms with Crippen molar-refractivity contribution in [1.82, 2.24) is 29.8 Å². The van der Waals surface area contributed by atoms with Crippen LogP contribution < -0.4 is 16.0 Å². The SMILES string of the molecule is CC(=O)N1CC(CNc2ccc(Nc3nccc(Nc4ccnc(-c5cccc(C)n5)n4)n3)cc2)C1. The smallest absolute Gasteiger partial charge is 0.229 e. The third-order valence-corrected chi connectivity index (χ3v) is 5.82. The molecule has 0 atom stereocenters. The molecule has 3 aromatic heterocycles. The summed E-state index contributed by atoms with van der Waals surface area (Å²) in [6.07, 6.45) is 3.37. The van der Waals surface area contributed by atoms with Crippen molar-refractivity contribution < 1.29 is 4.79 Å². The normalized spacial score (nSPS) is 13.1. The van der Waals surface area contributed by atoms with Crippen molar-refractivity contribution in [2.24, 2.45) is 5.92 Å². The molecule has 10 heteroatoms. The number of carbonyl (C=O) groups is 1. The maximum Gasteiger partial charge on any atom is 0.229 e. The number of hydrogen-bond donors (Lipinski definition) is 3. The molecule has 4 aromatic rings. The van der Waals surface area contributed by atoms with Crippen molar-refractivity contribution in [2.75, 3.05) is 35.6 Å². The predicted octanol–water partition coefficient (Wildman–Crippen LogP) is 4.01. The van der Waals surface area contributed by atoms with Gasteiger partial charge in [-0.05, 0) is 55.5 Å². The third kappa shape index (κ3) is 5.72. The van der Waals surface area contributed by atoms with Crippen LogP contribution in [0.15, 0.2) is 67.0 Å². The lowest BCUT2D eigenvalue weighted by molar-refractivity contribution is -0.134. The number of pyridine rings is 1. The van der Waals surface area contributed by atoms with E-state index in [2.05, 4.69) is 40.9 Å². The summed E-state index contributed by atoms with van der Waals surface area (Å²) in [4.78, 5) is 35.4. The van der Waals surface area contributed by atoms with Gasteiger partial charge in [0.1, 0.15) is 17.3 Å². The molecule has 1 fully saturated rings. The summed E-state index contributed by atoms with van der Waals surface area (Å²) in [5.41, 5.74) is 3.52. The molecular formula is C26H27N9O. The summed E-state index contributed by atoms with van der Waals surface area (Å²) >= 11 is 0. The molecule has 1 amide bonds. The molecule has 4 heterocycles. The molecule has 182 valence electrons. The zero-order chi connectivity index (χ0) is 24.9. The highest BCUT2D eigenvalue weighted by atomic mass is 16.2. The lowest BCUT2D eigenvalue weighted by Gasteiger charge is -2.38. The molecule has 0 unspecified atom stereocenters. The van der Waals surface area contributed by atoms with Gasteiger partial charge >= 0.3 is 0 Å². The molecule has 1 aliphatic heterocycles. The Hall–Kier alpha value is -4.60. The number of anilines is 5. The summed E-state index contributed by atoms with van der Waals surface area (Å²) in [7, 11) is 0. The monoisotopic (exact) mass is 481 g/mol. The minimum absolute atomic E-state index is 0.143. The number of aryl methyl sites for hydroxylation is 1. The van der Waals surface area contributed by atoms with Gasteiger partial charge in [0.25, 0.3) is 0 Å². The van der Waals surface area contributed by atoms with Gasteiger partial charge in [-0.3, -0.25) is 4.79 Å². The lowest BCUT2D eigenvalue weighted by Crippen LogP contribution is -2.51. The van der Waals surface area contributed by atoms with Gasteiger partial charge in [-0.2, -0.15) is 4.98 Å². The number of hydrogen-bond acceptors (Lipinski definition) is 9. The van der Waals surface area contributed by atoms with Gasteiger partial charge in [-0.25, -0.2) is 19.9 Å². The summed E-state index contributed by atoms with van der Waals surface area (Å²) in [6, 6.07) is 17.3. The van der Waals surface area contributed by atoms with E-state index in [0.717, 1.165) is 36.7 Å². The summed E-state index contributed by atoms with van der Waals surface area (Å²) in [6.45, 7) is 6.04. The van der Waals surface area contributed by atoms with Gasteiger partial charge in [-0.15, -0.1) is 0 Å².